The van der Waals surface area contributed by atoms with E-state index in [0.29, 0.717) is 36.1 Å². The summed E-state index contributed by atoms with van der Waals surface area (Å²) in [4.78, 5) is 12.3. The molecule has 0 fully saturated rings. The molecule has 24 heavy (non-hydrogen) atoms. The Morgan fingerprint density at radius 3 is 1.62 bits per heavy atom. The van der Waals surface area contributed by atoms with Crippen molar-refractivity contribution < 1.29 is 14.3 Å². The molecule has 2 rings (SSSR count). The van der Waals surface area contributed by atoms with Crippen molar-refractivity contribution in [3.8, 4) is 11.5 Å². The van der Waals surface area contributed by atoms with Gasteiger partial charge in [-0.3, -0.25) is 0 Å². The van der Waals surface area contributed by atoms with Gasteiger partial charge in [-0.2, -0.15) is 0 Å². The van der Waals surface area contributed by atoms with Crippen molar-refractivity contribution in [1.29, 1.82) is 0 Å². The van der Waals surface area contributed by atoms with Crippen molar-refractivity contribution in [2.24, 2.45) is 0 Å². The van der Waals surface area contributed by atoms with Gasteiger partial charge in [-0.05, 0) is 37.1 Å². The number of para-hydroxylation sites is 4. The minimum atomic E-state index is -0.338. The number of hydrogen-bond donors (Lipinski definition) is 2. The summed E-state index contributed by atoms with van der Waals surface area (Å²) in [5, 5.41) is 5.64. The summed E-state index contributed by atoms with van der Waals surface area (Å²) < 4.78 is 11.3. The highest BCUT2D eigenvalue weighted by Crippen LogP contribution is 2.26. The standard InChI is InChI=1S/C19H24N2O3/c1-3-13-23-17-11-7-5-9-15(17)20-19(22)21-16-10-6-8-12-18(16)24-14-4-2/h5-12H,3-4,13-14H2,1-2H3,(H2,20,21,22). The molecule has 2 aromatic rings. The quantitative estimate of drug-likeness (QED) is 0.724. The highest BCUT2D eigenvalue weighted by Gasteiger charge is 2.10. The highest BCUT2D eigenvalue weighted by atomic mass is 16.5. The van der Waals surface area contributed by atoms with Crippen LogP contribution in [0.2, 0.25) is 0 Å². The maximum absolute atomic E-state index is 12.3. The molecule has 0 aromatic heterocycles. The first-order chi connectivity index (χ1) is 11.7. The Morgan fingerprint density at radius 1 is 0.792 bits per heavy atom. The van der Waals surface area contributed by atoms with Crippen LogP contribution in [-0.4, -0.2) is 19.2 Å². The number of carbonyl (C=O) groups is 1. The van der Waals surface area contributed by atoms with Gasteiger partial charge in [0.1, 0.15) is 11.5 Å². The second kappa shape index (κ2) is 9.45. The Kier molecular flexibility index (Phi) is 6.95. The van der Waals surface area contributed by atoms with Crippen molar-refractivity contribution in [2.45, 2.75) is 26.7 Å². The third-order valence-corrected chi connectivity index (χ3v) is 3.19. The maximum Gasteiger partial charge on any atom is 0.323 e. The van der Waals surface area contributed by atoms with Crippen LogP contribution in [0.25, 0.3) is 0 Å². The van der Waals surface area contributed by atoms with E-state index in [1.807, 2.05) is 62.4 Å². The van der Waals surface area contributed by atoms with Gasteiger partial charge in [0, 0.05) is 0 Å². The van der Waals surface area contributed by atoms with Gasteiger partial charge in [-0.1, -0.05) is 38.1 Å². The smallest absolute Gasteiger partial charge is 0.323 e. The van der Waals surface area contributed by atoms with E-state index in [4.69, 9.17) is 9.47 Å². The number of nitrogens with one attached hydrogen (secondary N) is 2. The van der Waals surface area contributed by atoms with Gasteiger partial charge < -0.3 is 20.1 Å². The first-order valence-electron chi connectivity index (χ1n) is 8.26. The van der Waals surface area contributed by atoms with E-state index in [1.54, 1.807) is 0 Å². The summed E-state index contributed by atoms with van der Waals surface area (Å²) >= 11 is 0. The summed E-state index contributed by atoms with van der Waals surface area (Å²) in [5.74, 6) is 1.31. The number of amides is 2. The summed E-state index contributed by atoms with van der Waals surface area (Å²) in [6.07, 6.45) is 1.81. The van der Waals surface area contributed by atoms with Gasteiger partial charge in [-0.25, -0.2) is 4.79 Å². The zero-order valence-electron chi connectivity index (χ0n) is 14.2. The van der Waals surface area contributed by atoms with Crippen molar-refractivity contribution in [2.75, 3.05) is 23.8 Å². The number of ether oxygens (including phenoxy) is 2. The lowest BCUT2D eigenvalue weighted by molar-refractivity contribution is 0.261. The van der Waals surface area contributed by atoms with Crippen molar-refractivity contribution >= 4 is 17.4 Å². The minimum absolute atomic E-state index is 0.338. The maximum atomic E-state index is 12.3. The second-order valence-corrected chi connectivity index (χ2v) is 5.27. The van der Waals surface area contributed by atoms with Crippen LogP contribution in [0.1, 0.15) is 26.7 Å². The Bertz CT molecular complexity index is 603. The number of hydrogen-bond acceptors (Lipinski definition) is 3. The minimum Gasteiger partial charge on any atom is -0.491 e. The highest BCUT2D eigenvalue weighted by molar-refractivity contribution is 6.01. The molecule has 0 heterocycles. The Morgan fingerprint density at radius 2 is 1.21 bits per heavy atom. The van der Waals surface area contributed by atoms with E-state index in [1.165, 1.54) is 0 Å². The first-order valence-corrected chi connectivity index (χ1v) is 8.26. The zero-order valence-corrected chi connectivity index (χ0v) is 14.2. The van der Waals surface area contributed by atoms with Crippen LogP contribution in [-0.2, 0) is 0 Å². The van der Waals surface area contributed by atoms with Gasteiger partial charge in [0.05, 0.1) is 24.6 Å². The predicted molar refractivity (Wildman–Crippen MR) is 97.1 cm³/mol. The van der Waals surface area contributed by atoms with Crippen LogP contribution >= 0.6 is 0 Å². The second-order valence-electron chi connectivity index (χ2n) is 5.27. The van der Waals surface area contributed by atoms with Gasteiger partial charge in [0.15, 0.2) is 0 Å². The third kappa shape index (κ3) is 5.19. The van der Waals surface area contributed by atoms with E-state index in [9.17, 15) is 4.79 Å². The Hall–Kier alpha value is -2.69. The number of urea groups is 1. The molecular weight excluding hydrogens is 304 g/mol. The van der Waals surface area contributed by atoms with E-state index in [-0.39, 0.29) is 6.03 Å². The Labute approximate surface area is 143 Å². The molecule has 5 nitrogen and oxygen atoms in total. The molecule has 2 N–H and O–H groups in total. The summed E-state index contributed by atoms with van der Waals surface area (Å²) in [7, 11) is 0. The normalized spacial score (nSPS) is 10.1. The lowest BCUT2D eigenvalue weighted by Gasteiger charge is -2.14. The van der Waals surface area contributed by atoms with Crippen LogP contribution in [0.15, 0.2) is 48.5 Å². The molecule has 0 saturated carbocycles. The fourth-order valence-corrected chi connectivity index (χ4v) is 2.09. The summed E-state index contributed by atoms with van der Waals surface area (Å²) in [6, 6.07) is 14.4. The first kappa shape index (κ1) is 17.7. The number of anilines is 2. The molecule has 128 valence electrons. The van der Waals surface area contributed by atoms with Crippen LogP contribution in [0.4, 0.5) is 16.2 Å². The van der Waals surface area contributed by atoms with E-state index in [2.05, 4.69) is 10.6 Å². The van der Waals surface area contributed by atoms with E-state index in [0.717, 1.165) is 12.8 Å². The average molecular weight is 328 g/mol. The molecule has 2 amide bonds. The molecular formula is C19H24N2O3. The zero-order chi connectivity index (χ0) is 17.2. The molecule has 0 bridgehead atoms. The fourth-order valence-electron chi connectivity index (χ4n) is 2.09. The van der Waals surface area contributed by atoms with Crippen LogP contribution in [0, 0.1) is 0 Å². The van der Waals surface area contributed by atoms with Crippen molar-refractivity contribution in [3.63, 3.8) is 0 Å². The van der Waals surface area contributed by atoms with Crippen LogP contribution < -0.4 is 20.1 Å². The number of carbonyl (C=O) groups excluding carboxylic acids is 1. The molecule has 0 atom stereocenters. The number of benzene rings is 2. The molecule has 0 spiro atoms. The molecule has 0 aliphatic rings. The number of rotatable bonds is 8. The van der Waals surface area contributed by atoms with E-state index < -0.39 is 0 Å². The molecule has 0 aliphatic carbocycles. The van der Waals surface area contributed by atoms with Gasteiger partial charge in [0.2, 0.25) is 0 Å². The largest absolute Gasteiger partial charge is 0.491 e. The summed E-state index contributed by atoms with van der Waals surface area (Å²) in [5.41, 5.74) is 1.27. The topological polar surface area (TPSA) is 59.6 Å². The van der Waals surface area contributed by atoms with E-state index >= 15 is 0 Å². The predicted octanol–water partition coefficient (Wildman–Crippen LogP) is 4.91. The Balaban J connectivity index is 2.04. The molecule has 2 aromatic carbocycles. The van der Waals surface area contributed by atoms with Crippen LogP contribution in [0.5, 0.6) is 11.5 Å². The van der Waals surface area contributed by atoms with Crippen molar-refractivity contribution in [1.82, 2.24) is 0 Å². The molecule has 0 aliphatic heterocycles. The lowest BCUT2D eigenvalue weighted by atomic mass is 10.3. The summed E-state index contributed by atoms with van der Waals surface area (Å²) in [6.45, 7) is 5.29. The average Bonchev–Trinajstić information content (AvgIpc) is 2.60. The van der Waals surface area contributed by atoms with Gasteiger partial charge in [0.25, 0.3) is 0 Å². The molecule has 0 saturated heterocycles. The monoisotopic (exact) mass is 328 g/mol. The lowest BCUT2D eigenvalue weighted by Crippen LogP contribution is -2.20. The molecule has 0 unspecified atom stereocenters. The van der Waals surface area contributed by atoms with Gasteiger partial charge >= 0.3 is 6.03 Å². The third-order valence-electron chi connectivity index (χ3n) is 3.19. The molecule has 0 radical (unpaired) electrons. The van der Waals surface area contributed by atoms with Crippen molar-refractivity contribution in [3.05, 3.63) is 48.5 Å². The van der Waals surface area contributed by atoms with Gasteiger partial charge in [-0.15, -0.1) is 0 Å². The van der Waals surface area contributed by atoms with Crippen LogP contribution in [0.3, 0.4) is 0 Å². The fraction of sp³-hybridized carbons (Fsp3) is 0.316. The SMILES string of the molecule is CCCOc1ccccc1NC(=O)Nc1ccccc1OCCC. The molecule has 5 heteroatoms.